The van der Waals surface area contributed by atoms with Crippen LogP contribution >= 0.6 is 15.9 Å². The van der Waals surface area contributed by atoms with E-state index in [-0.39, 0.29) is 6.04 Å². The Labute approximate surface area is 94.0 Å². The van der Waals surface area contributed by atoms with Gasteiger partial charge in [-0.15, -0.1) is 0 Å². The highest BCUT2D eigenvalue weighted by atomic mass is 79.9. The molecule has 1 aromatic carbocycles. The van der Waals surface area contributed by atoms with Crippen molar-refractivity contribution in [3.05, 3.63) is 34.3 Å². The predicted molar refractivity (Wildman–Crippen MR) is 64.2 cm³/mol. The van der Waals surface area contributed by atoms with Crippen molar-refractivity contribution in [3.63, 3.8) is 0 Å². The highest BCUT2D eigenvalue weighted by molar-refractivity contribution is 9.10. The summed E-state index contributed by atoms with van der Waals surface area (Å²) in [6, 6.07) is 8.36. The van der Waals surface area contributed by atoms with Crippen LogP contribution in [0.25, 0.3) is 0 Å². The Balaban J connectivity index is 2.47. The molecule has 0 saturated heterocycles. The standard InChI is InChI=1S/C11H17BrN2/c1-14-7-3-6-11(13)9-4-2-5-10(12)8-9/h2,4-5,8,11,14H,3,6-7,13H2,1H3. The lowest BCUT2D eigenvalue weighted by atomic mass is 10.0. The first-order valence-corrected chi connectivity index (χ1v) is 5.69. The van der Waals surface area contributed by atoms with E-state index < -0.39 is 0 Å². The molecule has 0 amide bonds. The Hall–Kier alpha value is -0.380. The average molecular weight is 257 g/mol. The fourth-order valence-electron chi connectivity index (χ4n) is 1.40. The summed E-state index contributed by atoms with van der Waals surface area (Å²) in [5.41, 5.74) is 7.26. The third-order valence-corrected chi connectivity index (χ3v) is 2.71. The van der Waals surface area contributed by atoms with Gasteiger partial charge >= 0.3 is 0 Å². The van der Waals surface area contributed by atoms with Gasteiger partial charge in [0.1, 0.15) is 0 Å². The van der Waals surface area contributed by atoms with E-state index in [2.05, 4.69) is 33.4 Å². The van der Waals surface area contributed by atoms with Crippen LogP contribution < -0.4 is 11.1 Å². The maximum Gasteiger partial charge on any atom is 0.0295 e. The van der Waals surface area contributed by atoms with Gasteiger partial charge in [0, 0.05) is 10.5 Å². The minimum atomic E-state index is 0.154. The van der Waals surface area contributed by atoms with Gasteiger partial charge in [-0.1, -0.05) is 28.1 Å². The second-order valence-corrected chi connectivity index (χ2v) is 4.32. The normalized spacial score (nSPS) is 12.8. The SMILES string of the molecule is CNCCCC(N)c1cccc(Br)c1. The largest absolute Gasteiger partial charge is 0.324 e. The van der Waals surface area contributed by atoms with Crippen molar-refractivity contribution in [2.45, 2.75) is 18.9 Å². The molecule has 0 saturated carbocycles. The molecule has 3 N–H and O–H groups in total. The molecular weight excluding hydrogens is 240 g/mol. The van der Waals surface area contributed by atoms with Crippen LogP contribution in [0.1, 0.15) is 24.4 Å². The third-order valence-electron chi connectivity index (χ3n) is 2.22. The van der Waals surface area contributed by atoms with E-state index in [1.165, 1.54) is 5.56 Å². The van der Waals surface area contributed by atoms with E-state index in [1.807, 2.05) is 19.2 Å². The number of halogens is 1. The molecule has 0 aliphatic heterocycles. The predicted octanol–water partition coefficient (Wildman–Crippen LogP) is 2.45. The average Bonchev–Trinajstić information content (AvgIpc) is 2.18. The first-order chi connectivity index (χ1) is 6.74. The number of nitrogens with two attached hydrogens (primary N) is 1. The topological polar surface area (TPSA) is 38.0 Å². The summed E-state index contributed by atoms with van der Waals surface area (Å²) < 4.78 is 1.10. The lowest BCUT2D eigenvalue weighted by Gasteiger charge is -2.11. The Bertz CT molecular complexity index is 276. The van der Waals surface area contributed by atoms with E-state index in [0.717, 1.165) is 23.9 Å². The van der Waals surface area contributed by atoms with E-state index in [9.17, 15) is 0 Å². The quantitative estimate of drug-likeness (QED) is 0.795. The van der Waals surface area contributed by atoms with Crippen molar-refractivity contribution in [2.24, 2.45) is 5.73 Å². The Kier molecular flexibility index (Phi) is 5.15. The third kappa shape index (κ3) is 3.78. The van der Waals surface area contributed by atoms with Crippen LogP contribution in [0.2, 0.25) is 0 Å². The Morgan fingerprint density at radius 2 is 2.29 bits per heavy atom. The second kappa shape index (κ2) is 6.17. The van der Waals surface area contributed by atoms with Crippen LogP contribution in [0.15, 0.2) is 28.7 Å². The van der Waals surface area contributed by atoms with Gasteiger partial charge in [0.2, 0.25) is 0 Å². The molecule has 0 aromatic heterocycles. The molecule has 0 radical (unpaired) electrons. The van der Waals surface area contributed by atoms with Crippen LogP contribution in [0.5, 0.6) is 0 Å². The lowest BCUT2D eigenvalue weighted by molar-refractivity contribution is 0.590. The van der Waals surface area contributed by atoms with E-state index >= 15 is 0 Å². The fourth-order valence-corrected chi connectivity index (χ4v) is 1.82. The summed E-state index contributed by atoms with van der Waals surface area (Å²) in [6.45, 7) is 1.03. The summed E-state index contributed by atoms with van der Waals surface area (Å²) in [7, 11) is 1.96. The van der Waals surface area contributed by atoms with Gasteiger partial charge in [-0.05, 0) is 44.1 Å². The molecule has 1 rings (SSSR count). The van der Waals surface area contributed by atoms with Crippen molar-refractivity contribution >= 4 is 15.9 Å². The van der Waals surface area contributed by atoms with Crippen LogP contribution in [0.4, 0.5) is 0 Å². The monoisotopic (exact) mass is 256 g/mol. The first-order valence-electron chi connectivity index (χ1n) is 4.89. The molecule has 0 bridgehead atoms. The summed E-state index contributed by atoms with van der Waals surface area (Å²) in [5.74, 6) is 0. The Morgan fingerprint density at radius 1 is 1.50 bits per heavy atom. The summed E-state index contributed by atoms with van der Waals surface area (Å²) in [6.07, 6.45) is 2.14. The second-order valence-electron chi connectivity index (χ2n) is 3.41. The number of nitrogens with one attached hydrogen (secondary N) is 1. The molecule has 0 spiro atoms. The fraction of sp³-hybridized carbons (Fsp3) is 0.455. The van der Waals surface area contributed by atoms with Crippen molar-refractivity contribution in [3.8, 4) is 0 Å². The number of benzene rings is 1. The van der Waals surface area contributed by atoms with Gasteiger partial charge in [0.25, 0.3) is 0 Å². The molecule has 3 heteroatoms. The molecule has 1 atom stereocenters. The van der Waals surface area contributed by atoms with Crippen molar-refractivity contribution in [1.82, 2.24) is 5.32 Å². The summed E-state index contributed by atoms with van der Waals surface area (Å²) in [5, 5.41) is 3.12. The zero-order valence-corrected chi connectivity index (χ0v) is 10.0. The van der Waals surface area contributed by atoms with Crippen LogP contribution in [0, 0.1) is 0 Å². The highest BCUT2D eigenvalue weighted by Gasteiger charge is 2.04. The smallest absolute Gasteiger partial charge is 0.0295 e. The molecule has 14 heavy (non-hydrogen) atoms. The van der Waals surface area contributed by atoms with Crippen molar-refractivity contribution in [1.29, 1.82) is 0 Å². The lowest BCUT2D eigenvalue weighted by Crippen LogP contribution is -2.14. The molecule has 78 valence electrons. The summed E-state index contributed by atoms with van der Waals surface area (Å²) >= 11 is 3.44. The number of hydrogen-bond donors (Lipinski definition) is 2. The van der Waals surface area contributed by atoms with E-state index in [4.69, 9.17) is 5.73 Å². The maximum atomic E-state index is 6.06. The minimum absolute atomic E-state index is 0.154. The zero-order chi connectivity index (χ0) is 10.4. The molecule has 0 aliphatic rings. The van der Waals surface area contributed by atoms with E-state index in [0.29, 0.717) is 0 Å². The van der Waals surface area contributed by atoms with Gasteiger partial charge in [0.15, 0.2) is 0 Å². The molecule has 2 nitrogen and oxygen atoms in total. The minimum Gasteiger partial charge on any atom is -0.324 e. The number of rotatable bonds is 5. The Morgan fingerprint density at radius 3 is 2.93 bits per heavy atom. The van der Waals surface area contributed by atoms with E-state index in [1.54, 1.807) is 0 Å². The molecular formula is C11H17BrN2. The molecule has 0 aliphatic carbocycles. The van der Waals surface area contributed by atoms with Crippen molar-refractivity contribution in [2.75, 3.05) is 13.6 Å². The van der Waals surface area contributed by atoms with Crippen LogP contribution in [-0.2, 0) is 0 Å². The molecule has 1 unspecified atom stereocenters. The van der Waals surface area contributed by atoms with Gasteiger partial charge in [-0.2, -0.15) is 0 Å². The highest BCUT2D eigenvalue weighted by Crippen LogP contribution is 2.19. The van der Waals surface area contributed by atoms with Gasteiger partial charge in [0.05, 0.1) is 0 Å². The summed E-state index contributed by atoms with van der Waals surface area (Å²) in [4.78, 5) is 0. The number of hydrogen-bond acceptors (Lipinski definition) is 2. The van der Waals surface area contributed by atoms with Crippen molar-refractivity contribution < 1.29 is 0 Å². The van der Waals surface area contributed by atoms with Gasteiger partial charge in [-0.3, -0.25) is 0 Å². The maximum absolute atomic E-state index is 6.06. The zero-order valence-electron chi connectivity index (χ0n) is 8.46. The van der Waals surface area contributed by atoms with Gasteiger partial charge in [-0.25, -0.2) is 0 Å². The first kappa shape index (κ1) is 11.7. The van der Waals surface area contributed by atoms with Gasteiger partial charge < -0.3 is 11.1 Å². The molecule has 1 aromatic rings. The van der Waals surface area contributed by atoms with Crippen LogP contribution in [-0.4, -0.2) is 13.6 Å². The molecule has 0 fully saturated rings. The van der Waals surface area contributed by atoms with Crippen LogP contribution in [0.3, 0.4) is 0 Å². The molecule has 0 heterocycles.